The SMILES string of the molecule is N#Cc1cc(CN)ccc1O. The Bertz CT molecular complexity index is 301. The second-order valence-corrected chi connectivity index (χ2v) is 2.17. The van der Waals surface area contributed by atoms with Gasteiger partial charge in [0.15, 0.2) is 0 Å². The zero-order valence-electron chi connectivity index (χ0n) is 5.91. The topological polar surface area (TPSA) is 70.0 Å². The molecule has 0 heterocycles. The first kappa shape index (κ1) is 7.58. The molecule has 3 nitrogen and oxygen atoms in total. The van der Waals surface area contributed by atoms with Crippen LogP contribution in [0.4, 0.5) is 0 Å². The van der Waals surface area contributed by atoms with Crippen LogP contribution in [0, 0.1) is 11.3 Å². The molecule has 1 aromatic rings. The van der Waals surface area contributed by atoms with Gasteiger partial charge in [-0.1, -0.05) is 6.07 Å². The molecular formula is C8H8N2O. The molecule has 1 rings (SSSR count). The van der Waals surface area contributed by atoms with Crippen LogP contribution in [0.15, 0.2) is 18.2 Å². The van der Waals surface area contributed by atoms with Crippen molar-refractivity contribution in [3.05, 3.63) is 29.3 Å². The monoisotopic (exact) mass is 148 g/mol. The highest BCUT2D eigenvalue weighted by atomic mass is 16.3. The highest BCUT2D eigenvalue weighted by molar-refractivity contribution is 5.44. The molecule has 3 heteroatoms. The first-order chi connectivity index (χ1) is 5.27. The molecule has 0 saturated heterocycles. The predicted molar refractivity (Wildman–Crippen MR) is 40.7 cm³/mol. The van der Waals surface area contributed by atoms with E-state index in [-0.39, 0.29) is 11.3 Å². The van der Waals surface area contributed by atoms with E-state index in [2.05, 4.69) is 0 Å². The molecule has 0 amide bonds. The van der Waals surface area contributed by atoms with Crippen molar-refractivity contribution in [2.24, 2.45) is 5.73 Å². The van der Waals surface area contributed by atoms with Crippen LogP contribution in [-0.2, 0) is 6.54 Å². The van der Waals surface area contributed by atoms with E-state index in [0.717, 1.165) is 5.56 Å². The van der Waals surface area contributed by atoms with Crippen molar-refractivity contribution in [3.8, 4) is 11.8 Å². The molecule has 0 saturated carbocycles. The van der Waals surface area contributed by atoms with Gasteiger partial charge in [0.05, 0.1) is 5.56 Å². The van der Waals surface area contributed by atoms with Crippen LogP contribution >= 0.6 is 0 Å². The molecule has 0 aliphatic heterocycles. The van der Waals surface area contributed by atoms with Crippen molar-refractivity contribution < 1.29 is 5.11 Å². The fourth-order valence-electron chi connectivity index (χ4n) is 0.800. The van der Waals surface area contributed by atoms with Gasteiger partial charge in [-0.15, -0.1) is 0 Å². The lowest BCUT2D eigenvalue weighted by molar-refractivity contribution is 0.473. The van der Waals surface area contributed by atoms with Gasteiger partial charge in [0.25, 0.3) is 0 Å². The van der Waals surface area contributed by atoms with E-state index < -0.39 is 0 Å². The number of nitrogens with two attached hydrogens (primary N) is 1. The maximum Gasteiger partial charge on any atom is 0.133 e. The number of hydrogen-bond acceptors (Lipinski definition) is 3. The normalized spacial score (nSPS) is 9.09. The summed E-state index contributed by atoms with van der Waals surface area (Å²) < 4.78 is 0. The fraction of sp³-hybridized carbons (Fsp3) is 0.125. The van der Waals surface area contributed by atoms with Crippen molar-refractivity contribution in [2.75, 3.05) is 0 Å². The van der Waals surface area contributed by atoms with E-state index >= 15 is 0 Å². The van der Waals surface area contributed by atoms with Crippen LogP contribution < -0.4 is 5.73 Å². The Morgan fingerprint density at radius 3 is 2.82 bits per heavy atom. The van der Waals surface area contributed by atoms with Gasteiger partial charge in [-0.3, -0.25) is 0 Å². The summed E-state index contributed by atoms with van der Waals surface area (Å²) >= 11 is 0. The summed E-state index contributed by atoms with van der Waals surface area (Å²) in [6, 6.07) is 6.61. The molecule has 0 aromatic heterocycles. The van der Waals surface area contributed by atoms with E-state index in [4.69, 9.17) is 16.1 Å². The smallest absolute Gasteiger partial charge is 0.133 e. The maximum atomic E-state index is 9.07. The van der Waals surface area contributed by atoms with Gasteiger partial charge in [0.2, 0.25) is 0 Å². The fourth-order valence-corrected chi connectivity index (χ4v) is 0.800. The Kier molecular flexibility index (Phi) is 2.09. The van der Waals surface area contributed by atoms with E-state index in [1.807, 2.05) is 6.07 Å². The van der Waals surface area contributed by atoms with Crippen molar-refractivity contribution in [2.45, 2.75) is 6.54 Å². The van der Waals surface area contributed by atoms with Crippen LogP contribution in [0.1, 0.15) is 11.1 Å². The average molecular weight is 148 g/mol. The van der Waals surface area contributed by atoms with Gasteiger partial charge in [0.1, 0.15) is 11.8 Å². The summed E-state index contributed by atoms with van der Waals surface area (Å²) in [7, 11) is 0. The minimum Gasteiger partial charge on any atom is -0.507 e. The Morgan fingerprint density at radius 1 is 1.55 bits per heavy atom. The Morgan fingerprint density at radius 2 is 2.27 bits per heavy atom. The summed E-state index contributed by atoms with van der Waals surface area (Å²) in [4.78, 5) is 0. The number of phenols is 1. The van der Waals surface area contributed by atoms with Gasteiger partial charge in [0, 0.05) is 6.54 Å². The zero-order chi connectivity index (χ0) is 8.27. The second-order valence-electron chi connectivity index (χ2n) is 2.17. The molecule has 0 atom stereocenters. The number of rotatable bonds is 1. The van der Waals surface area contributed by atoms with Crippen LogP contribution in [0.3, 0.4) is 0 Å². The standard InChI is InChI=1S/C8H8N2O/c9-4-6-1-2-8(11)7(3-6)5-10/h1-3,11H,4,9H2. The minimum atomic E-state index is 0.00435. The molecule has 0 spiro atoms. The number of nitriles is 1. The number of benzene rings is 1. The van der Waals surface area contributed by atoms with Crippen LogP contribution in [-0.4, -0.2) is 5.11 Å². The summed E-state index contributed by atoms with van der Waals surface area (Å²) in [5.41, 5.74) is 6.45. The first-order valence-corrected chi connectivity index (χ1v) is 3.20. The number of hydrogen-bond donors (Lipinski definition) is 2. The molecule has 0 aliphatic rings. The third-order valence-electron chi connectivity index (χ3n) is 1.42. The van der Waals surface area contributed by atoms with Crippen molar-refractivity contribution >= 4 is 0 Å². The van der Waals surface area contributed by atoms with Gasteiger partial charge < -0.3 is 10.8 Å². The van der Waals surface area contributed by atoms with Gasteiger partial charge in [-0.05, 0) is 17.7 Å². The average Bonchev–Trinajstić information content (AvgIpc) is 2.05. The van der Waals surface area contributed by atoms with E-state index in [1.165, 1.54) is 6.07 Å². The van der Waals surface area contributed by atoms with E-state index in [0.29, 0.717) is 6.54 Å². The first-order valence-electron chi connectivity index (χ1n) is 3.20. The van der Waals surface area contributed by atoms with Crippen molar-refractivity contribution in [1.82, 2.24) is 0 Å². The summed E-state index contributed by atoms with van der Waals surface area (Å²) in [5, 5.41) is 17.6. The Balaban J connectivity index is 3.15. The molecule has 0 aliphatic carbocycles. The molecule has 0 radical (unpaired) electrons. The quantitative estimate of drug-likeness (QED) is 0.616. The lowest BCUT2D eigenvalue weighted by Crippen LogP contribution is -1.95. The molecule has 56 valence electrons. The molecule has 11 heavy (non-hydrogen) atoms. The third kappa shape index (κ3) is 1.48. The molecule has 0 unspecified atom stereocenters. The highest BCUT2D eigenvalue weighted by Gasteiger charge is 1.99. The minimum absolute atomic E-state index is 0.00435. The number of nitrogens with zero attached hydrogens (tertiary/aromatic N) is 1. The largest absolute Gasteiger partial charge is 0.507 e. The van der Waals surface area contributed by atoms with Crippen molar-refractivity contribution in [3.63, 3.8) is 0 Å². The molecule has 0 fully saturated rings. The van der Waals surface area contributed by atoms with Crippen LogP contribution in [0.25, 0.3) is 0 Å². The van der Waals surface area contributed by atoms with Crippen LogP contribution in [0.2, 0.25) is 0 Å². The van der Waals surface area contributed by atoms with E-state index in [9.17, 15) is 0 Å². The molecule has 3 N–H and O–H groups in total. The predicted octanol–water partition coefficient (Wildman–Crippen LogP) is 0.723. The lowest BCUT2D eigenvalue weighted by atomic mass is 10.1. The molecular weight excluding hydrogens is 140 g/mol. The number of aromatic hydroxyl groups is 1. The Labute approximate surface area is 64.7 Å². The summed E-state index contributed by atoms with van der Waals surface area (Å²) in [5.74, 6) is 0.00435. The molecule has 1 aromatic carbocycles. The van der Waals surface area contributed by atoms with Gasteiger partial charge in [-0.2, -0.15) is 5.26 Å². The summed E-state index contributed by atoms with van der Waals surface area (Å²) in [6.45, 7) is 0.384. The van der Waals surface area contributed by atoms with Crippen LogP contribution in [0.5, 0.6) is 5.75 Å². The second kappa shape index (κ2) is 3.04. The summed E-state index contributed by atoms with van der Waals surface area (Å²) in [6.07, 6.45) is 0. The highest BCUT2D eigenvalue weighted by Crippen LogP contribution is 2.16. The Hall–Kier alpha value is -1.53. The van der Waals surface area contributed by atoms with Gasteiger partial charge >= 0.3 is 0 Å². The lowest BCUT2D eigenvalue weighted by Gasteiger charge is -1.98. The van der Waals surface area contributed by atoms with Crippen molar-refractivity contribution in [1.29, 1.82) is 5.26 Å². The third-order valence-corrected chi connectivity index (χ3v) is 1.42. The zero-order valence-corrected chi connectivity index (χ0v) is 5.91. The van der Waals surface area contributed by atoms with E-state index in [1.54, 1.807) is 12.1 Å². The van der Waals surface area contributed by atoms with Gasteiger partial charge in [-0.25, -0.2) is 0 Å². The molecule has 0 bridgehead atoms. The number of phenolic OH excluding ortho intramolecular Hbond substituents is 1. The maximum absolute atomic E-state index is 9.07.